The van der Waals surface area contributed by atoms with Crippen LogP contribution in [0.1, 0.15) is 19.3 Å². The lowest BCUT2D eigenvalue weighted by Gasteiger charge is -2.40. The lowest BCUT2D eigenvalue weighted by molar-refractivity contribution is 0.0766. The van der Waals surface area contributed by atoms with E-state index in [4.69, 9.17) is 16.3 Å². The number of fused-ring (bicyclic) bond motifs is 1. The molecule has 0 bridgehead atoms. The van der Waals surface area contributed by atoms with E-state index in [2.05, 4.69) is 5.32 Å². The highest BCUT2D eigenvalue weighted by Gasteiger charge is 2.39. The highest BCUT2D eigenvalue weighted by atomic mass is 35.5. The molecular formula is C12H14ClNO. The maximum absolute atomic E-state index is 5.95. The summed E-state index contributed by atoms with van der Waals surface area (Å²) in [4.78, 5) is 0. The third-order valence-corrected chi connectivity index (χ3v) is 3.78. The van der Waals surface area contributed by atoms with Crippen LogP contribution in [0, 0.1) is 5.41 Å². The molecule has 2 nitrogen and oxygen atoms in total. The molecule has 0 amide bonds. The molecule has 1 aromatic rings. The first kappa shape index (κ1) is 9.34. The fraction of sp³-hybridized carbons (Fsp3) is 0.500. The van der Waals surface area contributed by atoms with Crippen molar-refractivity contribution >= 4 is 17.3 Å². The molecular weight excluding hydrogens is 210 g/mol. The molecule has 0 aromatic heterocycles. The van der Waals surface area contributed by atoms with Gasteiger partial charge in [0.2, 0.25) is 0 Å². The van der Waals surface area contributed by atoms with Gasteiger partial charge in [-0.1, -0.05) is 18.0 Å². The van der Waals surface area contributed by atoms with E-state index in [0.29, 0.717) is 5.41 Å². The van der Waals surface area contributed by atoms with Crippen LogP contribution in [0.3, 0.4) is 0 Å². The fourth-order valence-electron chi connectivity index (χ4n) is 2.33. The minimum atomic E-state index is 0.380. The zero-order chi connectivity index (χ0) is 10.3. The third-order valence-electron chi connectivity index (χ3n) is 3.54. The Bertz CT molecular complexity index is 387. The summed E-state index contributed by atoms with van der Waals surface area (Å²) in [5, 5.41) is 4.21. The molecule has 1 saturated carbocycles. The Hall–Kier alpha value is -0.890. The van der Waals surface area contributed by atoms with E-state index in [-0.39, 0.29) is 0 Å². The van der Waals surface area contributed by atoms with E-state index in [1.807, 2.05) is 18.2 Å². The molecule has 0 unspecified atom stereocenters. The fourth-order valence-corrected chi connectivity index (χ4v) is 2.50. The Kier molecular flexibility index (Phi) is 2.06. The second-order valence-electron chi connectivity index (χ2n) is 4.64. The zero-order valence-corrected chi connectivity index (χ0v) is 9.31. The highest BCUT2D eigenvalue weighted by molar-refractivity contribution is 6.30. The molecule has 0 saturated heterocycles. The minimum Gasteiger partial charge on any atom is -0.491 e. The summed E-state index contributed by atoms with van der Waals surface area (Å²) in [6.45, 7) is 1.86. The van der Waals surface area contributed by atoms with E-state index in [0.717, 1.165) is 29.6 Å². The molecule has 0 atom stereocenters. The number of hydrogen-bond acceptors (Lipinski definition) is 2. The van der Waals surface area contributed by atoms with E-state index >= 15 is 0 Å². The Morgan fingerprint density at radius 1 is 1.33 bits per heavy atom. The number of rotatable bonds is 0. The summed E-state index contributed by atoms with van der Waals surface area (Å²) >= 11 is 5.95. The van der Waals surface area contributed by atoms with E-state index in [1.54, 1.807) is 0 Å². The molecule has 1 N–H and O–H groups in total. The van der Waals surface area contributed by atoms with Crippen molar-refractivity contribution in [3.63, 3.8) is 0 Å². The van der Waals surface area contributed by atoms with Crippen LogP contribution in [-0.2, 0) is 0 Å². The summed E-state index contributed by atoms with van der Waals surface area (Å²) in [5.74, 6) is 0.933. The molecule has 2 aliphatic rings. The molecule has 1 aromatic carbocycles. The molecule has 0 radical (unpaired) electrons. The number of nitrogens with one attached hydrogen (secondary N) is 1. The van der Waals surface area contributed by atoms with Crippen molar-refractivity contribution in [2.24, 2.45) is 5.41 Å². The number of anilines is 1. The van der Waals surface area contributed by atoms with Gasteiger partial charge in [-0.2, -0.15) is 0 Å². The zero-order valence-electron chi connectivity index (χ0n) is 8.55. The topological polar surface area (TPSA) is 21.3 Å². The van der Waals surface area contributed by atoms with Gasteiger partial charge in [0.15, 0.2) is 0 Å². The van der Waals surface area contributed by atoms with Gasteiger partial charge < -0.3 is 10.1 Å². The van der Waals surface area contributed by atoms with Crippen LogP contribution in [-0.4, -0.2) is 13.2 Å². The normalized spacial score (nSPS) is 21.9. The van der Waals surface area contributed by atoms with Crippen molar-refractivity contribution < 1.29 is 4.74 Å². The first-order valence-electron chi connectivity index (χ1n) is 5.44. The molecule has 1 fully saturated rings. The van der Waals surface area contributed by atoms with Crippen molar-refractivity contribution in [3.05, 3.63) is 23.2 Å². The number of halogens is 1. The molecule has 15 heavy (non-hydrogen) atoms. The average molecular weight is 224 g/mol. The van der Waals surface area contributed by atoms with Crippen LogP contribution >= 0.6 is 11.6 Å². The van der Waals surface area contributed by atoms with E-state index < -0.39 is 0 Å². The van der Waals surface area contributed by atoms with Crippen molar-refractivity contribution in [1.29, 1.82) is 0 Å². The predicted octanol–water partition coefficient (Wildman–Crippen LogP) is 3.31. The lowest BCUT2D eigenvalue weighted by atomic mass is 9.69. The first-order valence-corrected chi connectivity index (χ1v) is 5.82. The minimum absolute atomic E-state index is 0.380. The van der Waals surface area contributed by atoms with Gasteiger partial charge in [-0.3, -0.25) is 0 Å². The van der Waals surface area contributed by atoms with Gasteiger partial charge in [0, 0.05) is 17.0 Å². The SMILES string of the molecule is Clc1ccc2c(c1)NCC1(CCC1)CO2. The molecule has 3 heteroatoms. The van der Waals surface area contributed by atoms with Crippen LogP contribution in [0.5, 0.6) is 5.75 Å². The van der Waals surface area contributed by atoms with Crippen molar-refractivity contribution in [2.45, 2.75) is 19.3 Å². The lowest BCUT2D eigenvalue weighted by Crippen LogP contribution is -2.40. The standard InChI is InChI=1S/C12H14ClNO/c13-9-2-3-11-10(6-9)14-7-12(8-15-11)4-1-5-12/h2-3,6,14H,1,4-5,7-8H2. The van der Waals surface area contributed by atoms with Gasteiger partial charge in [-0.05, 0) is 31.0 Å². The van der Waals surface area contributed by atoms with Gasteiger partial charge in [-0.15, -0.1) is 0 Å². The number of benzene rings is 1. The van der Waals surface area contributed by atoms with Gasteiger partial charge in [0.25, 0.3) is 0 Å². The van der Waals surface area contributed by atoms with Crippen molar-refractivity contribution in [3.8, 4) is 5.75 Å². The molecule has 1 aliphatic heterocycles. The second kappa shape index (κ2) is 3.31. The van der Waals surface area contributed by atoms with Gasteiger partial charge >= 0.3 is 0 Å². The third kappa shape index (κ3) is 1.57. The highest BCUT2D eigenvalue weighted by Crippen LogP contribution is 2.44. The van der Waals surface area contributed by atoms with Gasteiger partial charge in [0.05, 0.1) is 12.3 Å². The Morgan fingerprint density at radius 2 is 2.20 bits per heavy atom. The second-order valence-corrected chi connectivity index (χ2v) is 5.07. The summed E-state index contributed by atoms with van der Waals surface area (Å²) in [7, 11) is 0. The first-order chi connectivity index (χ1) is 7.27. The Balaban J connectivity index is 1.88. The average Bonchev–Trinajstić information content (AvgIpc) is 2.36. The number of ether oxygens (including phenoxy) is 1. The molecule has 1 spiro atoms. The number of hydrogen-bond donors (Lipinski definition) is 1. The van der Waals surface area contributed by atoms with Crippen LogP contribution in [0.25, 0.3) is 0 Å². The van der Waals surface area contributed by atoms with Crippen LogP contribution in [0.4, 0.5) is 5.69 Å². The van der Waals surface area contributed by atoms with E-state index in [9.17, 15) is 0 Å². The maximum atomic E-state index is 5.95. The van der Waals surface area contributed by atoms with E-state index in [1.165, 1.54) is 19.3 Å². The summed E-state index contributed by atoms with van der Waals surface area (Å²) in [6, 6.07) is 5.76. The van der Waals surface area contributed by atoms with Crippen molar-refractivity contribution in [2.75, 3.05) is 18.5 Å². The summed E-state index contributed by atoms with van der Waals surface area (Å²) in [5.41, 5.74) is 1.41. The van der Waals surface area contributed by atoms with Crippen LogP contribution in [0.2, 0.25) is 5.02 Å². The summed E-state index contributed by atoms with van der Waals surface area (Å²) in [6.07, 6.45) is 3.89. The monoisotopic (exact) mass is 223 g/mol. The quantitative estimate of drug-likeness (QED) is 0.729. The Labute approximate surface area is 94.6 Å². The largest absolute Gasteiger partial charge is 0.491 e. The van der Waals surface area contributed by atoms with Crippen LogP contribution in [0.15, 0.2) is 18.2 Å². The molecule has 80 valence electrons. The molecule has 3 rings (SSSR count). The summed E-state index contributed by atoms with van der Waals surface area (Å²) < 4.78 is 5.84. The smallest absolute Gasteiger partial charge is 0.142 e. The van der Waals surface area contributed by atoms with Crippen molar-refractivity contribution in [1.82, 2.24) is 0 Å². The van der Waals surface area contributed by atoms with Crippen LogP contribution < -0.4 is 10.1 Å². The van der Waals surface area contributed by atoms with Gasteiger partial charge in [0.1, 0.15) is 5.75 Å². The molecule has 1 aliphatic carbocycles. The maximum Gasteiger partial charge on any atom is 0.142 e. The Morgan fingerprint density at radius 3 is 2.93 bits per heavy atom. The van der Waals surface area contributed by atoms with Gasteiger partial charge in [-0.25, -0.2) is 0 Å². The molecule has 1 heterocycles. The predicted molar refractivity (Wildman–Crippen MR) is 61.7 cm³/mol.